The molecule has 2 nitrogen and oxygen atoms in total. The van der Waals surface area contributed by atoms with Crippen molar-refractivity contribution >= 4 is 33.8 Å². The van der Waals surface area contributed by atoms with Crippen molar-refractivity contribution in [3.8, 4) is 0 Å². The topological polar surface area (TPSA) is 29.1 Å². The monoisotopic (exact) mass is 203 g/mol. The van der Waals surface area contributed by atoms with Crippen LogP contribution >= 0.6 is 22.9 Å². The van der Waals surface area contributed by atoms with Crippen molar-refractivity contribution in [2.45, 2.75) is 13.8 Å². The molecule has 0 aromatic carbocycles. The number of rotatable bonds is 2. The van der Waals surface area contributed by atoms with Gasteiger partial charge in [-0.15, -0.1) is 22.9 Å². The molecule has 0 spiro atoms. The first-order valence-corrected chi connectivity index (χ1v) is 4.91. The van der Waals surface area contributed by atoms with Gasteiger partial charge in [0.2, 0.25) is 5.91 Å². The highest BCUT2D eigenvalue weighted by Crippen LogP contribution is 2.25. The summed E-state index contributed by atoms with van der Waals surface area (Å²) in [7, 11) is 0. The van der Waals surface area contributed by atoms with Gasteiger partial charge in [0, 0.05) is 4.88 Å². The number of anilines is 1. The molecule has 0 radical (unpaired) electrons. The Morgan fingerprint density at radius 2 is 2.33 bits per heavy atom. The van der Waals surface area contributed by atoms with Crippen LogP contribution < -0.4 is 5.32 Å². The Labute approximate surface area is 80.5 Å². The highest BCUT2D eigenvalue weighted by atomic mass is 35.5. The van der Waals surface area contributed by atoms with Gasteiger partial charge in [0.1, 0.15) is 5.88 Å². The molecule has 0 fully saturated rings. The van der Waals surface area contributed by atoms with Gasteiger partial charge in [-0.05, 0) is 25.5 Å². The number of alkyl halides is 1. The number of halogens is 1. The van der Waals surface area contributed by atoms with E-state index in [9.17, 15) is 4.79 Å². The normalized spacial score (nSPS) is 9.92. The fraction of sp³-hybridized carbons (Fsp3) is 0.375. The van der Waals surface area contributed by atoms with Crippen LogP contribution in [0, 0.1) is 13.8 Å². The van der Waals surface area contributed by atoms with E-state index >= 15 is 0 Å². The van der Waals surface area contributed by atoms with Crippen molar-refractivity contribution in [1.82, 2.24) is 0 Å². The summed E-state index contributed by atoms with van der Waals surface area (Å²) < 4.78 is 0. The fourth-order valence-electron chi connectivity index (χ4n) is 0.806. The summed E-state index contributed by atoms with van der Waals surface area (Å²) in [5.41, 5.74) is 1.20. The van der Waals surface area contributed by atoms with Gasteiger partial charge in [-0.3, -0.25) is 4.79 Å². The van der Waals surface area contributed by atoms with Gasteiger partial charge >= 0.3 is 0 Å². The van der Waals surface area contributed by atoms with Crippen LogP contribution in [0.5, 0.6) is 0 Å². The second kappa shape index (κ2) is 3.92. The summed E-state index contributed by atoms with van der Waals surface area (Å²) in [5, 5.41) is 3.57. The molecule has 0 saturated heterocycles. The minimum absolute atomic E-state index is 0.00992. The Morgan fingerprint density at radius 3 is 2.75 bits per heavy atom. The van der Waals surface area contributed by atoms with Crippen molar-refractivity contribution < 1.29 is 4.79 Å². The third kappa shape index (κ3) is 2.22. The van der Waals surface area contributed by atoms with Gasteiger partial charge < -0.3 is 5.32 Å². The van der Waals surface area contributed by atoms with E-state index in [1.165, 1.54) is 10.4 Å². The molecule has 12 heavy (non-hydrogen) atoms. The van der Waals surface area contributed by atoms with Crippen LogP contribution in [0.1, 0.15) is 10.4 Å². The van der Waals surface area contributed by atoms with Crippen LogP contribution in [0.4, 0.5) is 5.00 Å². The largest absolute Gasteiger partial charge is 0.317 e. The predicted molar refractivity (Wildman–Crippen MR) is 53.1 cm³/mol. The van der Waals surface area contributed by atoms with Crippen LogP contribution in [0.25, 0.3) is 0 Å². The van der Waals surface area contributed by atoms with Gasteiger partial charge in [0.25, 0.3) is 0 Å². The molecule has 4 heteroatoms. The SMILES string of the molecule is Cc1cc(NC(=O)CCl)sc1C. The number of carbonyl (C=O) groups is 1. The van der Waals surface area contributed by atoms with Crippen molar-refractivity contribution in [2.24, 2.45) is 0 Å². The van der Waals surface area contributed by atoms with E-state index in [1.807, 2.05) is 19.9 Å². The zero-order valence-corrected chi connectivity index (χ0v) is 8.55. The lowest BCUT2D eigenvalue weighted by Crippen LogP contribution is -2.11. The fourth-order valence-corrected chi connectivity index (χ4v) is 1.82. The highest BCUT2D eigenvalue weighted by Gasteiger charge is 2.04. The first-order valence-electron chi connectivity index (χ1n) is 3.56. The molecule has 1 aromatic heterocycles. The second-order valence-corrected chi connectivity index (χ2v) is 4.06. The van der Waals surface area contributed by atoms with Gasteiger partial charge in [-0.25, -0.2) is 0 Å². The van der Waals surface area contributed by atoms with E-state index in [0.717, 1.165) is 5.00 Å². The Hall–Kier alpha value is -0.540. The Morgan fingerprint density at radius 1 is 1.67 bits per heavy atom. The Balaban J connectivity index is 2.70. The summed E-state index contributed by atoms with van der Waals surface area (Å²) in [5.74, 6) is -0.145. The van der Waals surface area contributed by atoms with Crippen molar-refractivity contribution in [3.63, 3.8) is 0 Å². The molecule has 0 bridgehead atoms. The molecule has 66 valence electrons. The summed E-state index contributed by atoms with van der Waals surface area (Å²) in [6.45, 7) is 4.04. The number of hydrogen-bond acceptors (Lipinski definition) is 2. The predicted octanol–water partition coefficient (Wildman–Crippen LogP) is 2.54. The van der Waals surface area contributed by atoms with E-state index < -0.39 is 0 Å². The summed E-state index contributed by atoms with van der Waals surface area (Å²) in [6.07, 6.45) is 0. The summed E-state index contributed by atoms with van der Waals surface area (Å²) in [4.78, 5) is 12.1. The number of aryl methyl sites for hydroxylation is 2. The lowest BCUT2D eigenvalue weighted by Gasteiger charge is -1.95. The number of nitrogens with one attached hydrogen (secondary N) is 1. The van der Waals surface area contributed by atoms with E-state index in [0.29, 0.717) is 0 Å². The van der Waals surface area contributed by atoms with Gasteiger partial charge in [-0.2, -0.15) is 0 Å². The molecule has 0 saturated carbocycles. The lowest BCUT2D eigenvalue weighted by atomic mass is 10.3. The molecule has 1 heterocycles. The number of amides is 1. The molecule has 0 unspecified atom stereocenters. The Kier molecular flexibility index (Phi) is 3.12. The zero-order valence-electron chi connectivity index (χ0n) is 6.98. The quantitative estimate of drug-likeness (QED) is 0.736. The average molecular weight is 204 g/mol. The minimum Gasteiger partial charge on any atom is -0.317 e. The maximum atomic E-state index is 10.9. The van der Waals surface area contributed by atoms with Crippen molar-refractivity contribution in [2.75, 3.05) is 11.2 Å². The molecule has 1 N–H and O–H groups in total. The van der Waals surface area contributed by atoms with Crippen LogP contribution in [-0.4, -0.2) is 11.8 Å². The van der Waals surface area contributed by atoms with E-state index in [2.05, 4.69) is 5.32 Å². The molecule has 1 amide bonds. The van der Waals surface area contributed by atoms with Crippen molar-refractivity contribution in [1.29, 1.82) is 0 Å². The minimum atomic E-state index is -0.155. The first-order chi connectivity index (χ1) is 5.63. The molecular formula is C8H10ClNOS. The van der Waals surface area contributed by atoms with Gasteiger partial charge in [0.05, 0.1) is 5.00 Å². The smallest absolute Gasteiger partial charge is 0.239 e. The zero-order chi connectivity index (χ0) is 9.14. The maximum Gasteiger partial charge on any atom is 0.239 e. The van der Waals surface area contributed by atoms with Crippen molar-refractivity contribution in [3.05, 3.63) is 16.5 Å². The number of carbonyl (C=O) groups excluding carboxylic acids is 1. The highest BCUT2D eigenvalue weighted by molar-refractivity contribution is 7.16. The van der Waals surface area contributed by atoms with Crippen LogP contribution in [0.2, 0.25) is 0 Å². The van der Waals surface area contributed by atoms with Crippen LogP contribution in [-0.2, 0) is 4.79 Å². The molecule has 0 aliphatic carbocycles. The molecule has 0 aliphatic heterocycles. The molecule has 1 aromatic rings. The standard InChI is InChI=1S/C8H10ClNOS/c1-5-3-8(12-6(5)2)10-7(11)4-9/h3H,4H2,1-2H3,(H,10,11). The summed E-state index contributed by atoms with van der Waals surface area (Å²) in [6, 6.07) is 1.95. The third-order valence-corrected chi connectivity index (χ3v) is 2.86. The average Bonchev–Trinajstić information content (AvgIpc) is 2.31. The van der Waals surface area contributed by atoms with Gasteiger partial charge in [-0.1, -0.05) is 0 Å². The van der Waals surface area contributed by atoms with Gasteiger partial charge in [0.15, 0.2) is 0 Å². The molecule has 0 atom stereocenters. The van der Waals surface area contributed by atoms with E-state index in [-0.39, 0.29) is 11.8 Å². The first kappa shape index (κ1) is 9.55. The maximum absolute atomic E-state index is 10.9. The molecule has 1 rings (SSSR count). The van der Waals surface area contributed by atoms with Crippen LogP contribution in [0.3, 0.4) is 0 Å². The Bertz CT molecular complexity index is 276. The second-order valence-electron chi connectivity index (χ2n) is 2.53. The number of thiophene rings is 1. The van der Waals surface area contributed by atoms with Crippen LogP contribution in [0.15, 0.2) is 6.07 Å². The van der Waals surface area contributed by atoms with E-state index in [4.69, 9.17) is 11.6 Å². The van der Waals surface area contributed by atoms with E-state index in [1.54, 1.807) is 11.3 Å². The third-order valence-electron chi connectivity index (χ3n) is 1.55. The lowest BCUT2D eigenvalue weighted by molar-refractivity contribution is -0.113. The molecular weight excluding hydrogens is 194 g/mol. The number of hydrogen-bond donors (Lipinski definition) is 1. The summed E-state index contributed by atoms with van der Waals surface area (Å²) >= 11 is 6.91. The molecule has 0 aliphatic rings.